The van der Waals surface area contributed by atoms with Crippen molar-refractivity contribution in [1.29, 1.82) is 0 Å². The van der Waals surface area contributed by atoms with Crippen LogP contribution < -0.4 is 15.5 Å². The van der Waals surface area contributed by atoms with Crippen molar-refractivity contribution in [3.63, 3.8) is 0 Å². The number of aryl methyl sites for hydroxylation is 1. The van der Waals surface area contributed by atoms with Gasteiger partial charge in [0.15, 0.2) is 5.56 Å². The highest BCUT2D eigenvalue weighted by atomic mass is 16.5. The fraction of sp³-hybridized carbons (Fsp3) is 0.450. The lowest BCUT2D eigenvalue weighted by atomic mass is 10.1. The first-order valence-electron chi connectivity index (χ1n) is 9.67. The Kier molecular flexibility index (Phi) is 7.26. The molecular formula is C20H24N2O8. The molecule has 0 fully saturated rings. The Morgan fingerprint density at radius 3 is 2.63 bits per heavy atom. The van der Waals surface area contributed by atoms with Gasteiger partial charge < -0.3 is 34.3 Å². The molecule has 0 bridgehead atoms. The first-order chi connectivity index (χ1) is 14.5. The Morgan fingerprint density at radius 2 is 1.90 bits per heavy atom. The van der Waals surface area contributed by atoms with Crippen molar-refractivity contribution in [2.45, 2.75) is 19.4 Å². The van der Waals surface area contributed by atoms with E-state index in [1.165, 1.54) is 0 Å². The van der Waals surface area contributed by atoms with Gasteiger partial charge in [-0.25, -0.2) is 4.79 Å². The third-order valence-electron chi connectivity index (χ3n) is 4.61. The Hall–Kier alpha value is -3.11. The maximum absolute atomic E-state index is 12.6. The summed E-state index contributed by atoms with van der Waals surface area (Å²) in [5.41, 5.74) is 0.509. The predicted molar refractivity (Wildman–Crippen MR) is 108 cm³/mol. The van der Waals surface area contributed by atoms with E-state index in [1.807, 2.05) is 0 Å². The second kappa shape index (κ2) is 10.1. The summed E-state index contributed by atoms with van der Waals surface area (Å²) in [6.07, 6.45) is 0.694. The van der Waals surface area contributed by atoms with Gasteiger partial charge in [0, 0.05) is 24.2 Å². The number of anilines is 1. The molecule has 30 heavy (non-hydrogen) atoms. The van der Waals surface area contributed by atoms with E-state index in [4.69, 9.17) is 19.3 Å². The summed E-state index contributed by atoms with van der Waals surface area (Å²) < 4.78 is 17.8. The number of hydrogen-bond donors (Lipinski definition) is 3. The number of aromatic nitrogens is 1. The molecule has 0 aliphatic carbocycles. The zero-order valence-corrected chi connectivity index (χ0v) is 16.4. The van der Waals surface area contributed by atoms with E-state index in [0.717, 1.165) is 12.1 Å². The van der Waals surface area contributed by atoms with Crippen LogP contribution in [0.5, 0.6) is 5.88 Å². The molecule has 0 saturated heterocycles. The number of fused-ring (bicyclic) bond motifs is 3. The molecule has 0 spiro atoms. The van der Waals surface area contributed by atoms with Gasteiger partial charge >= 0.3 is 11.9 Å². The highest BCUT2D eigenvalue weighted by Gasteiger charge is 2.25. The van der Waals surface area contributed by atoms with Gasteiger partial charge in [-0.2, -0.15) is 0 Å². The lowest BCUT2D eigenvalue weighted by Crippen LogP contribution is -2.26. The molecule has 10 nitrogen and oxygen atoms in total. The largest absolute Gasteiger partial charge is 0.481 e. The van der Waals surface area contributed by atoms with Crippen LogP contribution in [0, 0.1) is 0 Å². The van der Waals surface area contributed by atoms with Gasteiger partial charge in [-0.1, -0.05) is 0 Å². The standard InChI is InChI=1S/C20H24N2O8/c23-16(24)4-8-28-10-11-29-9-5-21-13-2-3-14-15(12-13)22-6-1-7-30-19(22)17(18(14)25)20(26)27/h2-3,12,21H,1,4-11H2,(H,23,24)(H,26,27). The molecule has 0 atom stereocenters. The van der Waals surface area contributed by atoms with E-state index >= 15 is 0 Å². The third-order valence-corrected chi connectivity index (χ3v) is 4.61. The van der Waals surface area contributed by atoms with Crippen LogP contribution in [0.4, 0.5) is 5.69 Å². The van der Waals surface area contributed by atoms with Crippen molar-refractivity contribution in [3.05, 3.63) is 34.0 Å². The molecular weight excluding hydrogens is 396 g/mol. The smallest absolute Gasteiger partial charge is 0.345 e. The molecule has 0 amide bonds. The zero-order valence-electron chi connectivity index (χ0n) is 16.4. The second-order valence-electron chi connectivity index (χ2n) is 6.70. The Balaban J connectivity index is 1.61. The Bertz CT molecular complexity index is 985. The molecule has 2 aromatic rings. The van der Waals surface area contributed by atoms with Crippen LogP contribution in [0.15, 0.2) is 23.0 Å². The van der Waals surface area contributed by atoms with Crippen molar-refractivity contribution in [3.8, 4) is 5.88 Å². The van der Waals surface area contributed by atoms with E-state index < -0.39 is 17.4 Å². The van der Waals surface area contributed by atoms with Crippen LogP contribution in [-0.4, -0.2) is 66.3 Å². The SMILES string of the molecule is O=C(O)CCOCCOCCNc1ccc2c(=O)c(C(=O)O)c3n(c2c1)CCCO3. The molecule has 3 rings (SSSR count). The highest BCUT2D eigenvalue weighted by molar-refractivity contribution is 5.96. The van der Waals surface area contributed by atoms with E-state index in [2.05, 4.69) is 5.32 Å². The van der Waals surface area contributed by atoms with Crippen LogP contribution in [-0.2, 0) is 20.8 Å². The van der Waals surface area contributed by atoms with Crippen LogP contribution >= 0.6 is 0 Å². The number of aliphatic carboxylic acids is 1. The number of carbonyl (C=O) groups is 2. The van der Waals surface area contributed by atoms with Gasteiger partial charge in [-0.15, -0.1) is 0 Å². The minimum atomic E-state index is -1.29. The number of pyridine rings is 1. The average molecular weight is 420 g/mol. The van der Waals surface area contributed by atoms with Crippen molar-refractivity contribution in [2.24, 2.45) is 0 Å². The number of carboxylic acids is 2. The average Bonchev–Trinajstić information content (AvgIpc) is 2.72. The van der Waals surface area contributed by atoms with Gasteiger partial charge in [0.05, 0.1) is 45.0 Å². The lowest BCUT2D eigenvalue weighted by Gasteiger charge is -2.23. The fourth-order valence-electron chi connectivity index (χ4n) is 3.23. The van der Waals surface area contributed by atoms with Gasteiger partial charge in [0.25, 0.3) is 0 Å². The summed E-state index contributed by atoms with van der Waals surface area (Å²) in [4.78, 5) is 34.6. The van der Waals surface area contributed by atoms with Crippen LogP contribution in [0.25, 0.3) is 10.9 Å². The summed E-state index contributed by atoms with van der Waals surface area (Å²) in [6, 6.07) is 5.14. The van der Waals surface area contributed by atoms with Gasteiger partial charge in [0.2, 0.25) is 11.3 Å². The summed E-state index contributed by atoms with van der Waals surface area (Å²) >= 11 is 0. The minimum Gasteiger partial charge on any atom is -0.481 e. The summed E-state index contributed by atoms with van der Waals surface area (Å²) in [7, 11) is 0. The second-order valence-corrected chi connectivity index (χ2v) is 6.70. The fourth-order valence-corrected chi connectivity index (χ4v) is 3.23. The van der Waals surface area contributed by atoms with E-state index in [1.54, 1.807) is 22.8 Å². The topological polar surface area (TPSA) is 136 Å². The van der Waals surface area contributed by atoms with E-state index in [0.29, 0.717) is 50.4 Å². The predicted octanol–water partition coefficient (Wildman–Crippen LogP) is 1.40. The summed E-state index contributed by atoms with van der Waals surface area (Å²) in [5, 5.41) is 21.5. The number of nitrogens with one attached hydrogen (secondary N) is 1. The molecule has 0 radical (unpaired) electrons. The zero-order chi connectivity index (χ0) is 21.5. The van der Waals surface area contributed by atoms with Crippen molar-refractivity contribution < 1.29 is 34.0 Å². The van der Waals surface area contributed by atoms with Crippen LogP contribution in [0.1, 0.15) is 23.2 Å². The molecule has 0 saturated carbocycles. The molecule has 1 aliphatic heterocycles. The molecule has 1 aliphatic rings. The number of rotatable bonds is 11. The van der Waals surface area contributed by atoms with Crippen LogP contribution in [0.3, 0.4) is 0 Å². The number of benzene rings is 1. The number of hydrogen-bond acceptors (Lipinski definition) is 7. The lowest BCUT2D eigenvalue weighted by molar-refractivity contribution is -0.138. The van der Waals surface area contributed by atoms with E-state index in [-0.39, 0.29) is 24.5 Å². The third kappa shape index (κ3) is 5.08. The molecule has 1 aromatic heterocycles. The normalized spacial score (nSPS) is 12.9. The highest BCUT2D eigenvalue weighted by Crippen LogP contribution is 2.28. The van der Waals surface area contributed by atoms with Gasteiger partial charge in [-0.3, -0.25) is 9.59 Å². The molecule has 3 N–H and O–H groups in total. The number of ether oxygens (including phenoxy) is 3. The summed E-state index contributed by atoms with van der Waals surface area (Å²) in [6.45, 7) is 2.72. The number of aromatic carboxylic acids is 1. The molecule has 1 aromatic carbocycles. The number of carboxylic acid groups (broad SMARTS) is 2. The molecule has 0 unspecified atom stereocenters. The maximum Gasteiger partial charge on any atom is 0.345 e. The van der Waals surface area contributed by atoms with Gasteiger partial charge in [-0.05, 0) is 24.6 Å². The minimum absolute atomic E-state index is 0.0324. The molecule has 162 valence electrons. The van der Waals surface area contributed by atoms with Crippen molar-refractivity contribution in [2.75, 3.05) is 44.9 Å². The molecule has 10 heteroatoms. The summed E-state index contributed by atoms with van der Waals surface area (Å²) in [5.74, 6) is -2.08. The first-order valence-corrected chi connectivity index (χ1v) is 9.67. The maximum atomic E-state index is 12.6. The Morgan fingerprint density at radius 1 is 1.13 bits per heavy atom. The number of nitrogens with zero attached hydrogens (tertiary/aromatic N) is 1. The van der Waals surface area contributed by atoms with Gasteiger partial charge in [0.1, 0.15) is 0 Å². The van der Waals surface area contributed by atoms with E-state index in [9.17, 15) is 19.5 Å². The van der Waals surface area contributed by atoms with Crippen molar-refractivity contribution in [1.82, 2.24) is 4.57 Å². The quantitative estimate of drug-likeness (QED) is 0.461. The first kappa shape index (κ1) is 21.6. The van der Waals surface area contributed by atoms with Crippen LogP contribution in [0.2, 0.25) is 0 Å². The van der Waals surface area contributed by atoms with Crippen molar-refractivity contribution >= 4 is 28.5 Å². The monoisotopic (exact) mass is 420 g/mol. The Labute approximate surface area is 172 Å². The molecule has 2 heterocycles.